The lowest BCUT2D eigenvalue weighted by molar-refractivity contribution is -0.127. The summed E-state index contributed by atoms with van der Waals surface area (Å²) < 4.78 is 5.58. The van der Waals surface area contributed by atoms with Crippen LogP contribution in [0.2, 0.25) is 0 Å². The van der Waals surface area contributed by atoms with Gasteiger partial charge >= 0.3 is 0 Å². The maximum absolute atomic E-state index is 12.4. The van der Waals surface area contributed by atoms with E-state index in [9.17, 15) is 4.79 Å². The van der Waals surface area contributed by atoms with Gasteiger partial charge in [-0.15, -0.1) is 0 Å². The zero-order valence-electron chi connectivity index (χ0n) is 16.0. The molecule has 1 amide bonds. The van der Waals surface area contributed by atoms with Crippen LogP contribution in [0.4, 0.5) is 0 Å². The molecule has 0 aliphatic carbocycles. The highest BCUT2D eigenvalue weighted by molar-refractivity contribution is 5.91. The molecule has 1 heterocycles. The average molecular weight is 364 g/mol. The molecule has 0 aromatic heterocycles. The first-order chi connectivity index (χ1) is 13.2. The summed E-state index contributed by atoms with van der Waals surface area (Å²) in [5.74, 6) is 0.954. The Bertz CT molecular complexity index is 733. The number of nitrogens with zero attached hydrogens (tertiary/aromatic N) is 2. The summed E-state index contributed by atoms with van der Waals surface area (Å²) in [6.45, 7) is 7.15. The van der Waals surface area contributed by atoms with Crippen molar-refractivity contribution in [3.8, 4) is 5.75 Å². The van der Waals surface area contributed by atoms with Gasteiger partial charge in [-0.05, 0) is 35.8 Å². The van der Waals surface area contributed by atoms with E-state index in [4.69, 9.17) is 4.74 Å². The third-order valence-corrected chi connectivity index (χ3v) is 4.70. The summed E-state index contributed by atoms with van der Waals surface area (Å²) in [4.78, 5) is 16.8. The average Bonchev–Trinajstić information content (AvgIpc) is 2.72. The Morgan fingerprint density at radius 2 is 1.70 bits per heavy atom. The van der Waals surface area contributed by atoms with Crippen LogP contribution in [0.3, 0.4) is 0 Å². The first-order valence-electron chi connectivity index (χ1n) is 9.71. The third kappa shape index (κ3) is 5.97. The van der Waals surface area contributed by atoms with Gasteiger partial charge in [0.05, 0.1) is 6.61 Å². The number of ether oxygens (including phenoxy) is 1. The zero-order valence-corrected chi connectivity index (χ0v) is 16.0. The van der Waals surface area contributed by atoms with Crippen molar-refractivity contribution < 1.29 is 9.53 Å². The third-order valence-electron chi connectivity index (χ3n) is 4.70. The van der Waals surface area contributed by atoms with Crippen LogP contribution in [0.15, 0.2) is 60.7 Å². The number of rotatable bonds is 7. The molecule has 0 saturated carbocycles. The standard InChI is InChI=1S/C23H28N2O2/c1-2-18-27-22-11-8-20(9-12-22)10-13-23(26)25-16-14-24(15-17-25)19-21-6-4-3-5-7-21/h3-13H,2,14-19H2,1H3/b13-10+. The number of amides is 1. The van der Waals surface area contributed by atoms with E-state index in [1.165, 1.54) is 5.56 Å². The van der Waals surface area contributed by atoms with Gasteiger partial charge in [-0.2, -0.15) is 0 Å². The second-order valence-electron chi connectivity index (χ2n) is 6.84. The van der Waals surface area contributed by atoms with Crippen LogP contribution < -0.4 is 4.74 Å². The van der Waals surface area contributed by atoms with Crippen LogP contribution in [0.25, 0.3) is 6.08 Å². The lowest BCUT2D eigenvalue weighted by Crippen LogP contribution is -2.47. The second-order valence-corrected chi connectivity index (χ2v) is 6.84. The summed E-state index contributed by atoms with van der Waals surface area (Å²) in [6.07, 6.45) is 4.55. The molecule has 4 nitrogen and oxygen atoms in total. The highest BCUT2D eigenvalue weighted by atomic mass is 16.5. The molecule has 3 rings (SSSR count). The summed E-state index contributed by atoms with van der Waals surface area (Å²) >= 11 is 0. The molecule has 0 N–H and O–H groups in total. The Labute approximate surface area is 162 Å². The lowest BCUT2D eigenvalue weighted by atomic mass is 10.2. The van der Waals surface area contributed by atoms with E-state index in [1.807, 2.05) is 41.3 Å². The molecule has 0 atom stereocenters. The van der Waals surface area contributed by atoms with Crippen molar-refractivity contribution in [3.63, 3.8) is 0 Å². The normalized spacial score (nSPS) is 15.2. The van der Waals surface area contributed by atoms with E-state index < -0.39 is 0 Å². The van der Waals surface area contributed by atoms with Gasteiger partial charge in [-0.3, -0.25) is 9.69 Å². The van der Waals surface area contributed by atoms with Crippen LogP contribution >= 0.6 is 0 Å². The van der Waals surface area contributed by atoms with Crippen LogP contribution in [0, 0.1) is 0 Å². The fraction of sp³-hybridized carbons (Fsp3) is 0.348. The predicted octanol–water partition coefficient (Wildman–Crippen LogP) is 3.83. The molecule has 0 bridgehead atoms. The smallest absolute Gasteiger partial charge is 0.246 e. The van der Waals surface area contributed by atoms with Crippen molar-refractivity contribution in [3.05, 3.63) is 71.8 Å². The molecule has 0 radical (unpaired) electrons. The summed E-state index contributed by atoms with van der Waals surface area (Å²) in [5, 5.41) is 0. The molecule has 4 heteroatoms. The fourth-order valence-corrected chi connectivity index (χ4v) is 3.14. The van der Waals surface area contributed by atoms with E-state index >= 15 is 0 Å². The van der Waals surface area contributed by atoms with Crippen LogP contribution in [0.5, 0.6) is 5.75 Å². The maximum atomic E-state index is 12.4. The highest BCUT2D eigenvalue weighted by Gasteiger charge is 2.19. The lowest BCUT2D eigenvalue weighted by Gasteiger charge is -2.34. The molecule has 0 unspecified atom stereocenters. The van der Waals surface area contributed by atoms with Gasteiger partial charge in [0.15, 0.2) is 0 Å². The van der Waals surface area contributed by atoms with Crippen molar-refractivity contribution in [2.75, 3.05) is 32.8 Å². The molecule has 27 heavy (non-hydrogen) atoms. The van der Waals surface area contributed by atoms with E-state index in [2.05, 4.69) is 36.1 Å². The number of hydrogen-bond acceptors (Lipinski definition) is 3. The Kier molecular flexibility index (Phi) is 7.05. The van der Waals surface area contributed by atoms with Crippen LogP contribution in [-0.4, -0.2) is 48.5 Å². The number of carbonyl (C=O) groups excluding carboxylic acids is 1. The van der Waals surface area contributed by atoms with Gasteiger partial charge in [0.1, 0.15) is 5.75 Å². The Morgan fingerprint density at radius 1 is 1.00 bits per heavy atom. The van der Waals surface area contributed by atoms with E-state index in [1.54, 1.807) is 6.08 Å². The molecule has 2 aromatic carbocycles. The largest absolute Gasteiger partial charge is 0.494 e. The van der Waals surface area contributed by atoms with Crippen molar-refractivity contribution in [2.45, 2.75) is 19.9 Å². The minimum Gasteiger partial charge on any atom is -0.494 e. The van der Waals surface area contributed by atoms with Gasteiger partial charge in [0.2, 0.25) is 5.91 Å². The predicted molar refractivity (Wildman–Crippen MR) is 110 cm³/mol. The van der Waals surface area contributed by atoms with Crippen LogP contribution in [-0.2, 0) is 11.3 Å². The molecule has 1 aliphatic heterocycles. The molecule has 1 saturated heterocycles. The Hall–Kier alpha value is -2.59. The second kappa shape index (κ2) is 9.93. The number of piperazine rings is 1. The van der Waals surface area contributed by atoms with Gasteiger partial charge in [-0.1, -0.05) is 49.4 Å². The van der Waals surface area contributed by atoms with E-state index in [0.717, 1.165) is 57.1 Å². The number of hydrogen-bond donors (Lipinski definition) is 0. The summed E-state index contributed by atoms with van der Waals surface area (Å²) in [7, 11) is 0. The minimum atomic E-state index is 0.0840. The van der Waals surface area contributed by atoms with Gasteiger partial charge in [0, 0.05) is 38.8 Å². The van der Waals surface area contributed by atoms with Crippen LogP contribution in [0.1, 0.15) is 24.5 Å². The number of benzene rings is 2. The topological polar surface area (TPSA) is 32.8 Å². The quantitative estimate of drug-likeness (QED) is 0.700. The zero-order chi connectivity index (χ0) is 18.9. The fourth-order valence-electron chi connectivity index (χ4n) is 3.14. The van der Waals surface area contributed by atoms with Gasteiger partial charge in [0.25, 0.3) is 0 Å². The first-order valence-corrected chi connectivity index (χ1v) is 9.71. The monoisotopic (exact) mass is 364 g/mol. The molecular formula is C23H28N2O2. The van der Waals surface area contributed by atoms with E-state index in [-0.39, 0.29) is 5.91 Å². The molecule has 1 aliphatic rings. The molecular weight excluding hydrogens is 336 g/mol. The van der Waals surface area contributed by atoms with Crippen molar-refractivity contribution in [1.82, 2.24) is 9.80 Å². The Morgan fingerprint density at radius 3 is 2.37 bits per heavy atom. The van der Waals surface area contributed by atoms with Gasteiger partial charge in [-0.25, -0.2) is 0 Å². The first kappa shape index (κ1) is 19.2. The van der Waals surface area contributed by atoms with E-state index in [0.29, 0.717) is 0 Å². The van der Waals surface area contributed by atoms with Crippen molar-refractivity contribution >= 4 is 12.0 Å². The highest BCUT2D eigenvalue weighted by Crippen LogP contribution is 2.14. The summed E-state index contributed by atoms with van der Waals surface area (Å²) in [5.41, 5.74) is 2.33. The Balaban J connectivity index is 1.45. The summed E-state index contributed by atoms with van der Waals surface area (Å²) in [6, 6.07) is 18.3. The molecule has 1 fully saturated rings. The van der Waals surface area contributed by atoms with Gasteiger partial charge < -0.3 is 9.64 Å². The number of carbonyl (C=O) groups is 1. The minimum absolute atomic E-state index is 0.0840. The molecule has 142 valence electrons. The molecule has 2 aromatic rings. The maximum Gasteiger partial charge on any atom is 0.246 e. The SMILES string of the molecule is CCCOc1ccc(/C=C/C(=O)N2CCN(Cc3ccccc3)CC2)cc1. The van der Waals surface area contributed by atoms with Crippen molar-refractivity contribution in [2.24, 2.45) is 0 Å². The molecule has 0 spiro atoms. The van der Waals surface area contributed by atoms with Crippen molar-refractivity contribution in [1.29, 1.82) is 0 Å².